The topological polar surface area (TPSA) is 58.2 Å². The van der Waals surface area contributed by atoms with Crippen molar-refractivity contribution in [2.45, 2.75) is 9.79 Å². The minimum Gasteiger partial charge on any atom is -0.321 e. The minimum atomic E-state index is -0.235. The maximum atomic E-state index is 12.6. The predicted octanol–water partition coefficient (Wildman–Crippen LogP) is 5.42. The van der Waals surface area contributed by atoms with E-state index in [1.54, 1.807) is 18.2 Å². The summed E-state index contributed by atoms with van der Waals surface area (Å²) in [6.45, 7) is 0. The van der Waals surface area contributed by atoms with E-state index < -0.39 is 0 Å². The molecule has 1 aliphatic heterocycles. The van der Waals surface area contributed by atoms with Crippen molar-refractivity contribution in [3.63, 3.8) is 0 Å². The van der Waals surface area contributed by atoms with Gasteiger partial charge in [-0.2, -0.15) is 0 Å². The summed E-state index contributed by atoms with van der Waals surface area (Å²) in [5, 5.41) is 5.77. The lowest BCUT2D eigenvalue weighted by molar-refractivity contribution is 0.101. The van der Waals surface area contributed by atoms with Crippen LogP contribution in [0.2, 0.25) is 0 Å². The fourth-order valence-corrected chi connectivity index (χ4v) is 4.06. The Hall–Kier alpha value is -2.57. The summed E-state index contributed by atoms with van der Waals surface area (Å²) < 4.78 is 0.808. The summed E-state index contributed by atoms with van der Waals surface area (Å²) in [5.41, 5.74) is 2.44. The summed E-state index contributed by atoms with van der Waals surface area (Å²) in [5.74, 6) is -0.407. The summed E-state index contributed by atoms with van der Waals surface area (Å²) in [4.78, 5) is 26.8. The van der Waals surface area contributed by atoms with Gasteiger partial charge in [-0.3, -0.25) is 9.59 Å². The SMILES string of the molecule is O=C(Nc1ccccc1Br)c1ccc2c(c1)NC(=O)c1ccccc1S2. The largest absolute Gasteiger partial charge is 0.321 e. The summed E-state index contributed by atoms with van der Waals surface area (Å²) in [6, 6.07) is 20.2. The number of benzene rings is 3. The van der Waals surface area contributed by atoms with Gasteiger partial charge in [0.15, 0.2) is 0 Å². The van der Waals surface area contributed by atoms with Crippen LogP contribution in [0.15, 0.2) is 81.0 Å². The van der Waals surface area contributed by atoms with Gasteiger partial charge in [-0.15, -0.1) is 0 Å². The lowest BCUT2D eigenvalue weighted by atomic mass is 10.1. The van der Waals surface area contributed by atoms with E-state index in [9.17, 15) is 9.59 Å². The maximum Gasteiger partial charge on any atom is 0.256 e. The predicted molar refractivity (Wildman–Crippen MR) is 107 cm³/mol. The van der Waals surface area contributed by atoms with E-state index in [2.05, 4.69) is 26.6 Å². The monoisotopic (exact) mass is 424 g/mol. The molecule has 0 fully saturated rings. The summed E-state index contributed by atoms with van der Waals surface area (Å²) in [7, 11) is 0. The smallest absolute Gasteiger partial charge is 0.256 e. The molecule has 0 aromatic heterocycles. The number of rotatable bonds is 2. The Bertz CT molecular complexity index is 1040. The van der Waals surface area contributed by atoms with E-state index in [4.69, 9.17) is 0 Å². The highest BCUT2D eigenvalue weighted by Gasteiger charge is 2.20. The fourth-order valence-electron chi connectivity index (χ4n) is 2.67. The van der Waals surface area contributed by atoms with Crippen LogP contribution in [-0.2, 0) is 0 Å². The molecule has 3 aromatic rings. The highest BCUT2D eigenvalue weighted by atomic mass is 79.9. The number of nitrogens with one attached hydrogen (secondary N) is 2. The van der Waals surface area contributed by atoms with Crippen LogP contribution in [0, 0.1) is 0 Å². The highest BCUT2D eigenvalue weighted by Crippen LogP contribution is 2.39. The first-order chi connectivity index (χ1) is 12.6. The van der Waals surface area contributed by atoms with Gasteiger partial charge >= 0.3 is 0 Å². The molecule has 1 heterocycles. The number of hydrogen-bond donors (Lipinski definition) is 2. The molecule has 0 bridgehead atoms. The fraction of sp³-hybridized carbons (Fsp3) is 0. The minimum absolute atomic E-state index is 0.171. The first kappa shape index (κ1) is 16.9. The van der Waals surface area contributed by atoms with Crippen molar-refractivity contribution in [2.24, 2.45) is 0 Å². The molecule has 0 unspecified atom stereocenters. The Labute approximate surface area is 163 Å². The second kappa shape index (κ2) is 6.97. The molecule has 128 valence electrons. The third kappa shape index (κ3) is 3.25. The lowest BCUT2D eigenvalue weighted by Crippen LogP contribution is -2.14. The molecule has 6 heteroatoms. The van der Waals surface area contributed by atoms with Crippen LogP contribution in [-0.4, -0.2) is 11.8 Å². The molecule has 0 saturated heterocycles. The van der Waals surface area contributed by atoms with E-state index in [1.807, 2.05) is 48.5 Å². The van der Waals surface area contributed by atoms with E-state index in [0.717, 1.165) is 14.3 Å². The van der Waals surface area contributed by atoms with Crippen LogP contribution in [0.1, 0.15) is 20.7 Å². The number of amides is 2. The van der Waals surface area contributed by atoms with Crippen molar-refractivity contribution < 1.29 is 9.59 Å². The van der Waals surface area contributed by atoms with E-state index in [0.29, 0.717) is 22.5 Å². The average Bonchev–Trinajstić information content (AvgIpc) is 2.79. The summed E-state index contributed by atoms with van der Waals surface area (Å²) >= 11 is 4.93. The van der Waals surface area contributed by atoms with Gasteiger partial charge in [0.25, 0.3) is 11.8 Å². The third-order valence-corrected chi connectivity index (χ3v) is 5.81. The first-order valence-electron chi connectivity index (χ1n) is 7.90. The van der Waals surface area contributed by atoms with E-state index >= 15 is 0 Å². The number of fused-ring (bicyclic) bond motifs is 2. The summed E-state index contributed by atoms with van der Waals surface area (Å²) in [6.07, 6.45) is 0. The molecule has 0 spiro atoms. The van der Waals surface area contributed by atoms with Crippen molar-refractivity contribution in [1.29, 1.82) is 0 Å². The molecule has 3 aromatic carbocycles. The third-order valence-electron chi connectivity index (χ3n) is 3.96. The Morgan fingerprint density at radius 3 is 2.58 bits per heavy atom. The van der Waals surface area contributed by atoms with Crippen LogP contribution >= 0.6 is 27.7 Å². The maximum absolute atomic E-state index is 12.6. The van der Waals surface area contributed by atoms with Crippen LogP contribution in [0.25, 0.3) is 0 Å². The zero-order valence-electron chi connectivity index (χ0n) is 13.5. The van der Waals surface area contributed by atoms with Gasteiger partial charge in [0.2, 0.25) is 0 Å². The highest BCUT2D eigenvalue weighted by molar-refractivity contribution is 9.10. The molecule has 0 radical (unpaired) electrons. The number of carbonyl (C=O) groups excluding carboxylic acids is 2. The Balaban J connectivity index is 1.64. The molecule has 0 atom stereocenters. The zero-order valence-corrected chi connectivity index (χ0v) is 15.9. The Morgan fingerprint density at radius 1 is 0.962 bits per heavy atom. The number of anilines is 2. The normalized spacial score (nSPS) is 12.4. The van der Waals surface area contributed by atoms with Crippen molar-refractivity contribution >= 4 is 50.9 Å². The van der Waals surface area contributed by atoms with Crippen LogP contribution < -0.4 is 10.6 Å². The van der Waals surface area contributed by atoms with Crippen molar-refractivity contribution in [1.82, 2.24) is 0 Å². The van der Waals surface area contributed by atoms with Gasteiger partial charge in [-0.25, -0.2) is 0 Å². The van der Waals surface area contributed by atoms with E-state index in [1.165, 1.54) is 11.8 Å². The molecule has 26 heavy (non-hydrogen) atoms. The molecule has 4 rings (SSSR count). The molecule has 2 amide bonds. The molecule has 2 N–H and O–H groups in total. The molecule has 4 nitrogen and oxygen atoms in total. The van der Waals surface area contributed by atoms with Crippen molar-refractivity contribution in [2.75, 3.05) is 10.6 Å². The van der Waals surface area contributed by atoms with Gasteiger partial charge in [0.1, 0.15) is 0 Å². The van der Waals surface area contributed by atoms with Crippen LogP contribution in [0.3, 0.4) is 0 Å². The Kier molecular flexibility index (Phi) is 4.53. The first-order valence-corrected chi connectivity index (χ1v) is 9.51. The van der Waals surface area contributed by atoms with Gasteiger partial charge < -0.3 is 10.6 Å². The van der Waals surface area contributed by atoms with Crippen molar-refractivity contribution in [3.8, 4) is 0 Å². The molecular formula is C20H13BrN2O2S. The number of para-hydroxylation sites is 1. The van der Waals surface area contributed by atoms with Crippen LogP contribution in [0.5, 0.6) is 0 Å². The van der Waals surface area contributed by atoms with Gasteiger partial charge in [-0.05, 0) is 58.4 Å². The number of hydrogen-bond acceptors (Lipinski definition) is 3. The second-order valence-corrected chi connectivity index (χ2v) is 7.64. The standard InChI is InChI=1S/C20H13BrN2O2S/c21-14-6-2-3-7-15(14)22-19(24)12-9-10-18-16(11-12)23-20(25)13-5-1-4-8-17(13)26-18/h1-11H,(H,22,24)(H,23,25). The molecule has 0 aliphatic carbocycles. The Morgan fingerprint density at radius 2 is 1.73 bits per heavy atom. The van der Waals surface area contributed by atoms with E-state index in [-0.39, 0.29) is 11.8 Å². The van der Waals surface area contributed by atoms with Gasteiger partial charge in [-0.1, -0.05) is 36.0 Å². The molecule has 1 aliphatic rings. The second-order valence-electron chi connectivity index (χ2n) is 5.70. The molecule has 0 saturated carbocycles. The lowest BCUT2D eigenvalue weighted by Gasteiger charge is -2.10. The number of carbonyl (C=O) groups is 2. The number of halogens is 1. The average molecular weight is 425 g/mol. The van der Waals surface area contributed by atoms with Crippen LogP contribution in [0.4, 0.5) is 11.4 Å². The zero-order chi connectivity index (χ0) is 18.1. The quantitative estimate of drug-likeness (QED) is 0.577. The van der Waals surface area contributed by atoms with Gasteiger partial charge in [0.05, 0.1) is 16.9 Å². The van der Waals surface area contributed by atoms with Crippen molar-refractivity contribution in [3.05, 3.63) is 82.3 Å². The van der Waals surface area contributed by atoms with Gasteiger partial charge in [0, 0.05) is 19.8 Å². The molecular weight excluding hydrogens is 412 g/mol.